The first-order chi connectivity index (χ1) is 13.0. The van der Waals surface area contributed by atoms with Gasteiger partial charge in [0.2, 0.25) is 0 Å². The minimum Gasteiger partial charge on any atom is -0.388 e. The summed E-state index contributed by atoms with van der Waals surface area (Å²) in [4.78, 5) is 3.89. The van der Waals surface area contributed by atoms with Gasteiger partial charge in [-0.2, -0.15) is 22.8 Å². The third kappa shape index (κ3) is 4.06. The van der Waals surface area contributed by atoms with Crippen LogP contribution in [0.3, 0.4) is 0 Å². The summed E-state index contributed by atoms with van der Waals surface area (Å²) in [6.07, 6.45) is -6.06. The highest BCUT2D eigenvalue weighted by atomic mass is 19.4. The Bertz CT molecular complexity index is 961. The Kier molecular flexibility index (Phi) is 5.00. The molecule has 5 nitrogen and oxygen atoms in total. The SMILES string of the molecule is CC(C)(O)C(Nc1cc(C(F)F)cc2ncnn12)c1ccc(C(F)(F)F)cc1. The molecule has 3 rings (SSSR count). The van der Waals surface area contributed by atoms with Gasteiger partial charge in [0.15, 0.2) is 5.65 Å². The molecule has 3 aromatic rings. The van der Waals surface area contributed by atoms with Crippen molar-refractivity contribution < 1.29 is 27.1 Å². The second-order valence-electron chi connectivity index (χ2n) is 6.86. The molecule has 0 spiro atoms. The summed E-state index contributed by atoms with van der Waals surface area (Å²) in [6.45, 7) is 2.91. The zero-order valence-electron chi connectivity index (χ0n) is 14.9. The molecule has 0 aliphatic heterocycles. The first-order valence-electron chi connectivity index (χ1n) is 8.24. The van der Waals surface area contributed by atoms with Crippen molar-refractivity contribution in [2.24, 2.45) is 0 Å². The van der Waals surface area contributed by atoms with E-state index in [1.54, 1.807) is 0 Å². The quantitative estimate of drug-likeness (QED) is 0.614. The lowest BCUT2D eigenvalue weighted by Gasteiger charge is -2.31. The van der Waals surface area contributed by atoms with Crippen molar-refractivity contribution in [3.8, 4) is 0 Å². The van der Waals surface area contributed by atoms with Crippen molar-refractivity contribution in [1.82, 2.24) is 14.6 Å². The number of halogens is 5. The summed E-state index contributed by atoms with van der Waals surface area (Å²) in [5, 5.41) is 17.4. The van der Waals surface area contributed by atoms with E-state index in [1.807, 2.05) is 0 Å². The smallest absolute Gasteiger partial charge is 0.388 e. The molecule has 2 aromatic heterocycles. The normalized spacial score (nSPS) is 13.9. The fourth-order valence-electron chi connectivity index (χ4n) is 2.85. The number of rotatable bonds is 5. The van der Waals surface area contributed by atoms with Crippen LogP contribution < -0.4 is 5.32 Å². The Morgan fingerprint density at radius 3 is 2.21 bits per heavy atom. The van der Waals surface area contributed by atoms with Crippen LogP contribution in [-0.2, 0) is 6.18 Å². The lowest BCUT2D eigenvalue weighted by atomic mass is 9.91. The highest BCUT2D eigenvalue weighted by Crippen LogP contribution is 2.34. The number of anilines is 1. The molecule has 1 unspecified atom stereocenters. The lowest BCUT2D eigenvalue weighted by Crippen LogP contribution is -2.35. The van der Waals surface area contributed by atoms with Gasteiger partial charge in [0.05, 0.1) is 17.2 Å². The van der Waals surface area contributed by atoms with E-state index in [0.29, 0.717) is 5.56 Å². The second kappa shape index (κ2) is 7.01. The molecule has 0 aliphatic carbocycles. The maximum atomic E-state index is 13.2. The first kappa shape index (κ1) is 20.0. The van der Waals surface area contributed by atoms with E-state index < -0.39 is 29.8 Å². The van der Waals surface area contributed by atoms with Gasteiger partial charge in [0, 0.05) is 5.56 Å². The Hall–Kier alpha value is -2.75. The number of alkyl halides is 5. The molecule has 1 atom stereocenters. The van der Waals surface area contributed by atoms with Gasteiger partial charge >= 0.3 is 6.18 Å². The molecular weight excluding hydrogens is 383 g/mol. The van der Waals surface area contributed by atoms with Crippen molar-refractivity contribution in [1.29, 1.82) is 0 Å². The van der Waals surface area contributed by atoms with Gasteiger partial charge < -0.3 is 10.4 Å². The van der Waals surface area contributed by atoms with Crippen LogP contribution in [0.5, 0.6) is 0 Å². The Labute approximate surface area is 156 Å². The molecular formula is C18H17F5N4O. The number of aromatic nitrogens is 3. The molecule has 0 aliphatic rings. The van der Waals surface area contributed by atoms with Gasteiger partial charge in [-0.3, -0.25) is 0 Å². The predicted molar refractivity (Wildman–Crippen MR) is 92.0 cm³/mol. The van der Waals surface area contributed by atoms with E-state index in [9.17, 15) is 27.1 Å². The first-order valence-corrected chi connectivity index (χ1v) is 8.24. The molecule has 0 radical (unpaired) electrons. The van der Waals surface area contributed by atoms with Crippen molar-refractivity contribution in [2.75, 3.05) is 5.32 Å². The highest BCUT2D eigenvalue weighted by Gasteiger charge is 2.33. The third-order valence-corrected chi connectivity index (χ3v) is 4.22. The number of fused-ring (bicyclic) bond motifs is 1. The van der Waals surface area contributed by atoms with E-state index >= 15 is 0 Å². The summed E-state index contributed by atoms with van der Waals surface area (Å²) >= 11 is 0. The van der Waals surface area contributed by atoms with E-state index in [2.05, 4.69) is 15.4 Å². The second-order valence-corrected chi connectivity index (χ2v) is 6.86. The number of aliphatic hydroxyl groups is 1. The maximum Gasteiger partial charge on any atom is 0.416 e. The molecule has 10 heteroatoms. The van der Waals surface area contributed by atoms with Crippen LogP contribution in [0.25, 0.3) is 5.65 Å². The summed E-state index contributed by atoms with van der Waals surface area (Å²) in [6, 6.07) is 5.69. The van der Waals surface area contributed by atoms with Crippen LogP contribution in [-0.4, -0.2) is 25.3 Å². The number of nitrogens with zero attached hydrogens (tertiary/aromatic N) is 3. The molecule has 28 heavy (non-hydrogen) atoms. The van der Waals surface area contributed by atoms with Gasteiger partial charge in [-0.05, 0) is 43.7 Å². The molecule has 0 saturated heterocycles. The van der Waals surface area contributed by atoms with E-state index in [4.69, 9.17) is 0 Å². The minimum atomic E-state index is -4.49. The summed E-state index contributed by atoms with van der Waals surface area (Å²) in [5.41, 5.74) is -2.06. The summed E-state index contributed by atoms with van der Waals surface area (Å²) in [7, 11) is 0. The van der Waals surface area contributed by atoms with Crippen LogP contribution in [0.4, 0.5) is 27.8 Å². The molecule has 0 saturated carbocycles. The van der Waals surface area contributed by atoms with Crippen LogP contribution in [0.2, 0.25) is 0 Å². The number of pyridine rings is 1. The minimum absolute atomic E-state index is 0.123. The average molecular weight is 400 g/mol. The molecule has 0 bridgehead atoms. The average Bonchev–Trinajstić information content (AvgIpc) is 3.06. The van der Waals surface area contributed by atoms with Gasteiger partial charge in [-0.15, -0.1) is 0 Å². The molecule has 0 amide bonds. The van der Waals surface area contributed by atoms with E-state index in [-0.39, 0.29) is 17.0 Å². The lowest BCUT2D eigenvalue weighted by molar-refractivity contribution is -0.137. The molecule has 0 fully saturated rings. The number of benzene rings is 1. The number of nitrogens with one attached hydrogen (secondary N) is 1. The van der Waals surface area contributed by atoms with Crippen LogP contribution in [0.1, 0.15) is 43.0 Å². The summed E-state index contributed by atoms with van der Waals surface area (Å²) < 4.78 is 66.1. The Balaban J connectivity index is 2.03. The number of hydrogen-bond donors (Lipinski definition) is 2. The number of hydrogen-bond acceptors (Lipinski definition) is 4. The van der Waals surface area contributed by atoms with Crippen molar-refractivity contribution in [2.45, 2.75) is 38.1 Å². The maximum absolute atomic E-state index is 13.2. The largest absolute Gasteiger partial charge is 0.416 e. The Morgan fingerprint density at radius 1 is 1.04 bits per heavy atom. The predicted octanol–water partition coefficient (Wildman–Crippen LogP) is 4.61. The molecule has 1 aromatic carbocycles. The van der Waals surface area contributed by atoms with Gasteiger partial charge in [-0.25, -0.2) is 13.8 Å². The van der Waals surface area contributed by atoms with E-state index in [0.717, 1.165) is 18.2 Å². The molecule has 2 heterocycles. The zero-order chi connectivity index (χ0) is 20.7. The van der Waals surface area contributed by atoms with Gasteiger partial charge in [0.1, 0.15) is 12.1 Å². The Morgan fingerprint density at radius 2 is 1.68 bits per heavy atom. The standard InChI is InChI=1S/C18H17F5N4O/c1-17(2,28)15(10-3-5-12(6-4-10)18(21,22)23)26-14-8-11(16(19)20)7-13-24-9-25-27(13)14/h3-9,15-16,26,28H,1-2H3. The topological polar surface area (TPSA) is 62.5 Å². The summed E-state index contributed by atoms with van der Waals surface area (Å²) in [5.74, 6) is 0.123. The highest BCUT2D eigenvalue weighted by molar-refractivity contribution is 5.53. The zero-order valence-corrected chi connectivity index (χ0v) is 14.9. The van der Waals surface area contributed by atoms with Crippen LogP contribution in [0, 0.1) is 0 Å². The van der Waals surface area contributed by atoms with Crippen LogP contribution >= 0.6 is 0 Å². The fraction of sp³-hybridized carbons (Fsp3) is 0.333. The van der Waals surface area contributed by atoms with Crippen molar-refractivity contribution >= 4 is 11.5 Å². The van der Waals surface area contributed by atoms with Gasteiger partial charge in [-0.1, -0.05) is 12.1 Å². The monoisotopic (exact) mass is 400 g/mol. The fourth-order valence-corrected chi connectivity index (χ4v) is 2.85. The van der Waals surface area contributed by atoms with Crippen molar-refractivity contribution in [3.63, 3.8) is 0 Å². The molecule has 150 valence electrons. The van der Waals surface area contributed by atoms with Crippen LogP contribution in [0.15, 0.2) is 42.7 Å². The third-order valence-electron chi connectivity index (χ3n) is 4.22. The van der Waals surface area contributed by atoms with E-state index in [1.165, 1.54) is 42.9 Å². The van der Waals surface area contributed by atoms with Gasteiger partial charge in [0.25, 0.3) is 6.43 Å². The molecule has 2 N–H and O–H groups in total. The van der Waals surface area contributed by atoms with Crippen molar-refractivity contribution in [3.05, 3.63) is 59.4 Å².